The van der Waals surface area contributed by atoms with Gasteiger partial charge in [-0.2, -0.15) is 0 Å². The molecule has 1 N–H and O–H groups in total. The van der Waals surface area contributed by atoms with Crippen molar-refractivity contribution < 1.29 is 8.42 Å². The van der Waals surface area contributed by atoms with Gasteiger partial charge >= 0.3 is 0 Å². The van der Waals surface area contributed by atoms with E-state index in [1.807, 2.05) is 6.07 Å². The number of alkyl halides is 1. The molecule has 1 rings (SSSR count). The van der Waals surface area contributed by atoms with E-state index >= 15 is 0 Å². The number of hydrogen-bond acceptors (Lipinski definition) is 3. The molecule has 0 aromatic heterocycles. The molecule has 0 aliphatic carbocycles. The highest BCUT2D eigenvalue weighted by atomic mass is 35.5. The fourth-order valence-corrected chi connectivity index (χ4v) is 2.54. The van der Waals surface area contributed by atoms with Crippen LogP contribution in [-0.4, -0.2) is 26.6 Å². The highest BCUT2D eigenvalue weighted by Crippen LogP contribution is 2.21. The third-order valence-electron chi connectivity index (χ3n) is 2.23. The summed E-state index contributed by atoms with van der Waals surface area (Å²) >= 11 is 5.57. The zero-order valence-electron chi connectivity index (χ0n) is 9.24. The van der Waals surface area contributed by atoms with Crippen LogP contribution in [0.5, 0.6) is 0 Å². The van der Waals surface area contributed by atoms with Gasteiger partial charge in [0.25, 0.3) is 0 Å². The first-order chi connectivity index (χ1) is 7.61. The molecule has 0 fully saturated rings. The fourth-order valence-electron chi connectivity index (χ4n) is 1.33. The lowest BCUT2D eigenvalue weighted by Gasteiger charge is -2.10. The first-order valence-corrected chi connectivity index (χ1v) is 7.42. The summed E-state index contributed by atoms with van der Waals surface area (Å²) in [6.07, 6.45) is 0.808. The van der Waals surface area contributed by atoms with Crippen molar-refractivity contribution in [1.82, 2.24) is 0 Å². The van der Waals surface area contributed by atoms with Crippen LogP contribution in [0.2, 0.25) is 0 Å². The molecule has 5 heteroatoms. The van der Waals surface area contributed by atoms with Gasteiger partial charge in [-0.3, -0.25) is 0 Å². The first-order valence-electron chi connectivity index (χ1n) is 5.23. The fraction of sp³-hybridized carbons (Fsp3) is 0.455. The Balaban J connectivity index is 2.92. The second-order valence-corrected chi connectivity index (χ2v) is 5.99. The molecule has 0 aliphatic rings. The van der Waals surface area contributed by atoms with E-state index in [4.69, 9.17) is 11.6 Å². The molecule has 0 saturated carbocycles. The highest BCUT2D eigenvalue weighted by Gasteiger charge is 2.15. The van der Waals surface area contributed by atoms with E-state index in [0.29, 0.717) is 23.0 Å². The van der Waals surface area contributed by atoms with Gasteiger partial charge in [0.05, 0.1) is 16.3 Å². The minimum atomic E-state index is -3.16. The van der Waals surface area contributed by atoms with Crippen molar-refractivity contribution >= 4 is 27.1 Å². The first kappa shape index (κ1) is 13.3. The van der Waals surface area contributed by atoms with Crippen molar-refractivity contribution in [2.24, 2.45) is 0 Å². The summed E-state index contributed by atoms with van der Waals surface area (Å²) in [6, 6.07) is 6.95. The maximum absolute atomic E-state index is 11.8. The quantitative estimate of drug-likeness (QED) is 0.632. The van der Waals surface area contributed by atoms with Gasteiger partial charge in [-0.15, -0.1) is 11.6 Å². The summed E-state index contributed by atoms with van der Waals surface area (Å²) in [4.78, 5) is 0.368. The molecule has 0 amide bonds. The molecule has 1 aromatic carbocycles. The number of halogens is 1. The maximum atomic E-state index is 11.8. The monoisotopic (exact) mass is 261 g/mol. The normalized spacial score (nSPS) is 11.4. The molecule has 0 saturated heterocycles. The number of sulfone groups is 1. The van der Waals surface area contributed by atoms with Crippen molar-refractivity contribution in [3.63, 3.8) is 0 Å². The van der Waals surface area contributed by atoms with Crippen LogP contribution >= 0.6 is 11.6 Å². The average Bonchev–Trinajstić information content (AvgIpc) is 2.30. The number of rotatable bonds is 6. The van der Waals surface area contributed by atoms with Gasteiger partial charge in [0, 0.05) is 12.4 Å². The minimum absolute atomic E-state index is 0.112. The third kappa shape index (κ3) is 3.39. The molecular formula is C11H16ClNO2S. The van der Waals surface area contributed by atoms with Crippen molar-refractivity contribution in [2.45, 2.75) is 18.2 Å². The predicted octanol–water partition coefficient (Wildman–Crippen LogP) is 2.52. The Kier molecular flexibility index (Phi) is 5.09. The SMILES string of the molecule is CCS(=O)(=O)c1ccccc1NCCCCl. The molecule has 0 radical (unpaired) electrons. The molecular weight excluding hydrogens is 246 g/mol. The van der Waals surface area contributed by atoms with E-state index in [9.17, 15) is 8.42 Å². The van der Waals surface area contributed by atoms with Crippen LogP contribution in [0.25, 0.3) is 0 Å². The Morgan fingerprint density at radius 3 is 2.62 bits per heavy atom. The summed E-state index contributed by atoms with van der Waals surface area (Å²) in [5.41, 5.74) is 0.662. The smallest absolute Gasteiger partial charge is 0.180 e. The van der Waals surface area contributed by atoms with Gasteiger partial charge in [-0.05, 0) is 18.6 Å². The van der Waals surface area contributed by atoms with E-state index in [1.165, 1.54) is 0 Å². The van der Waals surface area contributed by atoms with Gasteiger partial charge in [-0.25, -0.2) is 8.42 Å². The number of nitrogens with one attached hydrogen (secondary N) is 1. The van der Waals surface area contributed by atoms with Crippen molar-refractivity contribution in [3.8, 4) is 0 Å². The van der Waals surface area contributed by atoms with Gasteiger partial charge in [-0.1, -0.05) is 19.1 Å². The molecule has 0 atom stereocenters. The molecule has 90 valence electrons. The topological polar surface area (TPSA) is 46.2 Å². The Bertz CT molecular complexity index is 431. The van der Waals surface area contributed by atoms with E-state index in [1.54, 1.807) is 25.1 Å². The van der Waals surface area contributed by atoms with E-state index in [-0.39, 0.29) is 5.75 Å². The Hall–Kier alpha value is -0.740. The van der Waals surface area contributed by atoms with E-state index in [2.05, 4.69) is 5.32 Å². The molecule has 3 nitrogen and oxygen atoms in total. The zero-order chi connectivity index (χ0) is 12.0. The van der Waals surface area contributed by atoms with Crippen molar-refractivity contribution in [3.05, 3.63) is 24.3 Å². The van der Waals surface area contributed by atoms with Gasteiger partial charge in [0.1, 0.15) is 0 Å². The van der Waals surface area contributed by atoms with Crippen molar-refractivity contribution in [1.29, 1.82) is 0 Å². The largest absolute Gasteiger partial charge is 0.384 e. The Labute approximate surface area is 102 Å². The third-order valence-corrected chi connectivity index (χ3v) is 4.28. The number of benzene rings is 1. The van der Waals surface area contributed by atoms with Gasteiger partial charge < -0.3 is 5.32 Å². The van der Waals surface area contributed by atoms with Crippen LogP contribution < -0.4 is 5.32 Å². The summed E-state index contributed by atoms with van der Waals surface area (Å²) in [6.45, 7) is 2.32. The maximum Gasteiger partial charge on any atom is 0.180 e. The molecule has 16 heavy (non-hydrogen) atoms. The van der Waals surface area contributed by atoms with Gasteiger partial charge in [0.2, 0.25) is 0 Å². The summed E-state index contributed by atoms with van der Waals surface area (Å²) in [7, 11) is -3.16. The molecule has 0 bridgehead atoms. The predicted molar refractivity (Wildman–Crippen MR) is 68.0 cm³/mol. The molecule has 0 heterocycles. The second kappa shape index (κ2) is 6.11. The highest BCUT2D eigenvalue weighted by molar-refractivity contribution is 7.91. The Morgan fingerprint density at radius 1 is 1.31 bits per heavy atom. The number of anilines is 1. The summed E-state index contributed by atoms with van der Waals surface area (Å²) in [5.74, 6) is 0.677. The van der Waals surface area contributed by atoms with Crippen LogP contribution in [0.4, 0.5) is 5.69 Å². The van der Waals surface area contributed by atoms with Crippen LogP contribution in [0.15, 0.2) is 29.2 Å². The zero-order valence-corrected chi connectivity index (χ0v) is 10.8. The average molecular weight is 262 g/mol. The van der Waals surface area contributed by atoms with Crippen LogP contribution in [0, 0.1) is 0 Å². The molecule has 0 unspecified atom stereocenters. The lowest BCUT2D eigenvalue weighted by Crippen LogP contribution is -2.10. The van der Waals surface area contributed by atoms with Crippen LogP contribution in [0.1, 0.15) is 13.3 Å². The van der Waals surface area contributed by atoms with E-state index in [0.717, 1.165) is 6.42 Å². The minimum Gasteiger partial charge on any atom is -0.384 e. The number of hydrogen-bond donors (Lipinski definition) is 1. The molecule has 0 spiro atoms. The standard InChI is InChI=1S/C11H16ClNO2S/c1-2-16(14,15)11-7-4-3-6-10(11)13-9-5-8-12/h3-4,6-7,13H,2,5,8-9H2,1H3. The van der Waals surface area contributed by atoms with Gasteiger partial charge in [0.15, 0.2) is 9.84 Å². The van der Waals surface area contributed by atoms with Crippen LogP contribution in [0.3, 0.4) is 0 Å². The second-order valence-electron chi connectivity index (χ2n) is 3.37. The summed E-state index contributed by atoms with van der Waals surface area (Å²) < 4.78 is 23.6. The lowest BCUT2D eigenvalue weighted by molar-refractivity contribution is 0.597. The molecule has 1 aromatic rings. The van der Waals surface area contributed by atoms with Crippen molar-refractivity contribution in [2.75, 3.05) is 23.5 Å². The lowest BCUT2D eigenvalue weighted by atomic mass is 10.3. The van der Waals surface area contributed by atoms with Crippen LogP contribution in [-0.2, 0) is 9.84 Å². The van der Waals surface area contributed by atoms with E-state index < -0.39 is 9.84 Å². The summed E-state index contributed by atoms with van der Waals surface area (Å²) in [5, 5.41) is 3.09. The number of para-hydroxylation sites is 1. The Morgan fingerprint density at radius 2 is 2.00 bits per heavy atom. The molecule has 0 aliphatic heterocycles.